The number of benzene rings is 1. The molecule has 0 saturated heterocycles. The van der Waals surface area contributed by atoms with Gasteiger partial charge in [-0.1, -0.05) is 36.5 Å². The average Bonchev–Trinajstić information content (AvgIpc) is 2.14. The van der Waals surface area contributed by atoms with Crippen molar-refractivity contribution in [3.63, 3.8) is 0 Å². The van der Waals surface area contributed by atoms with E-state index in [9.17, 15) is 4.79 Å². The van der Waals surface area contributed by atoms with Crippen molar-refractivity contribution in [3.8, 4) is 0 Å². The second-order valence-corrected chi connectivity index (χ2v) is 4.29. The summed E-state index contributed by atoms with van der Waals surface area (Å²) in [6.45, 7) is 1.99. The summed E-state index contributed by atoms with van der Waals surface area (Å²) in [4.78, 5) is 10.7. The van der Waals surface area contributed by atoms with E-state index in [4.69, 9.17) is 28.3 Å². The molecule has 0 radical (unpaired) electrons. The molecule has 0 aromatic heterocycles. The van der Waals surface area contributed by atoms with E-state index in [-0.39, 0.29) is 0 Å². The van der Waals surface area contributed by atoms with E-state index >= 15 is 0 Å². The molecular weight excluding hydrogens is 247 g/mol. The first-order chi connectivity index (χ1) is 7.52. The molecule has 0 unspecified atom stereocenters. The Morgan fingerprint density at radius 3 is 2.31 bits per heavy atom. The molecule has 86 valence electrons. The highest BCUT2D eigenvalue weighted by Crippen LogP contribution is 2.26. The van der Waals surface area contributed by atoms with Crippen molar-refractivity contribution in [1.29, 1.82) is 0 Å². The molecule has 1 rings (SSSR count). The van der Waals surface area contributed by atoms with Crippen LogP contribution in [0.1, 0.15) is 25.3 Å². The smallest absolute Gasteiger partial charge is 0.328 e. The van der Waals surface area contributed by atoms with Crippen LogP contribution >= 0.6 is 23.2 Å². The lowest BCUT2D eigenvalue weighted by molar-refractivity contribution is -0.131. The van der Waals surface area contributed by atoms with Gasteiger partial charge in [0.1, 0.15) is 0 Å². The molecule has 0 bridgehead atoms. The third-order valence-electron chi connectivity index (χ3n) is 2.05. The van der Waals surface area contributed by atoms with Crippen LogP contribution < -0.4 is 0 Å². The molecular formula is C12H12Cl2O2. The Bertz CT molecular complexity index is 405. The third kappa shape index (κ3) is 3.87. The van der Waals surface area contributed by atoms with Gasteiger partial charge in [-0.15, -0.1) is 0 Å². The van der Waals surface area contributed by atoms with E-state index in [1.165, 1.54) is 6.08 Å². The van der Waals surface area contributed by atoms with Crippen molar-refractivity contribution in [2.45, 2.75) is 19.8 Å². The molecule has 0 aliphatic carbocycles. The Morgan fingerprint density at radius 1 is 1.31 bits per heavy atom. The van der Waals surface area contributed by atoms with Crippen LogP contribution in [0.2, 0.25) is 10.0 Å². The molecule has 0 spiro atoms. The molecule has 0 atom stereocenters. The van der Waals surface area contributed by atoms with E-state index < -0.39 is 5.97 Å². The first-order valence-electron chi connectivity index (χ1n) is 4.93. The minimum Gasteiger partial charge on any atom is -0.478 e. The molecule has 0 fully saturated rings. The Morgan fingerprint density at radius 2 is 1.88 bits per heavy atom. The van der Waals surface area contributed by atoms with Gasteiger partial charge in [-0.3, -0.25) is 0 Å². The summed E-state index contributed by atoms with van der Waals surface area (Å²) in [5.74, 6) is -0.959. The summed E-state index contributed by atoms with van der Waals surface area (Å²) in [6, 6.07) is 5.06. The Balaban J connectivity index is 3.15. The fourth-order valence-corrected chi connectivity index (χ4v) is 1.98. The zero-order chi connectivity index (χ0) is 12.1. The number of rotatable bonds is 4. The maximum atomic E-state index is 10.7. The predicted molar refractivity (Wildman–Crippen MR) is 67.0 cm³/mol. The molecule has 0 amide bonds. The molecule has 0 heterocycles. The zero-order valence-corrected chi connectivity index (χ0v) is 10.3. The van der Waals surface area contributed by atoms with Crippen LogP contribution in [-0.2, 0) is 4.79 Å². The number of hydrogen-bond acceptors (Lipinski definition) is 1. The summed E-state index contributed by atoms with van der Waals surface area (Å²) >= 11 is 11.7. The molecule has 0 saturated carbocycles. The molecule has 0 aliphatic rings. The van der Waals surface area contributed by atoms with Gasteiger partial charge in [-0.2, -0.15) is 0 Å². The van der Waals surface area contributed by atoms with Crippen LogP contribution in [0.3, 0.4) is 0 Å². The minimum atomic E-state index is -0.959. The quantitative estimate of drug-likeness (QED) is 0.820. The van der Waals surface area contributed by atoms with Crippen molar-refractivity contribution in [3.05, 3.63) is 39.9 Å². The van der Waals surface area contributed by atoms with Gasteiger partial charge < -0.3 is 5.11 Å². The Hall–Kier alpha value is -0.990. The number of halogens is 2. The number of aliphatic carboxylic acids is 1. The second kappa shape index (κ2) is 5.92. The largest absolute Gasteiger partial charge is 0.478 e. The van der Waals surface area contributed by atoms with Gasteiger partial charge in [0.05, 0.1) is 0 Å². The number of carbonyl (C=O) groups is 1. The van der Waals surface area contributed by atoms with Crippen molar-refractivity contribution >= 4 is 34.7 Å². The van der Waals surface area contributed by atoms with Crippen LogP contribution in [-0.4, -0.2) is 11.1 Å². The van der Waals surface area contributed by atoms with Crippen LogP contribution in [0, 0.1) is 0 Å². The number of carboxylic acid groups (broad SMARTS) is 1. The monoisotopic (exact) mass is 258 g/mol. The van der Waals surface area contributed by atoms with Gasteiger partial charge in [-0.25, -0.2) is 4.79 Å². The lowest BCUT2D eigenvalue weighted by atomic mass is 10.0. The first-order valence-corrected chi connectivity index (χ1v) is 5.68. The molecule has 2 nitrogen and oxygen atoms in total. The van der Waals surface area contributed by atoms with E-state index in [0.29, 0.717) is 16.5 Å². The van der Waals surface area contributed by atoms with Gasteiger partial charge in [0.15, 0.2) is 0 Å². The predicted octanol–water partition coefficient (Wildman–Crippen LogP) is 4.26. The molecule has 4 heteroatoms. The number of carboxylic acids is 1. The Labute approximate surface area is 104 Å². The van der Waals surface area contributed by atoms with Gasteiger partial charge in [-0.05, 0) is 35.8 Å². The fraction of sp³-hybridized carbons (Fsp3) is 0.250. The molecule has 16 heavy (non-hydrogen) atoms. The standard InChI is InChI=1S/C12H12Cl2O2/c1-2-3-8(6-12(15)16)9-4-10(13)7-11(14)5-9/h4-7H,2-3H2,1H3,(H,15,16)/b8-6+. The second-order valence-electron chi connectivity index (χ2n) is 3.42. The lowest BCUT2D eigenvalue weighted by Gasteiger charge is -2.07. The summed E-state index contributed by atoms with van der Waals surface area (Å²) in [6.07, 6.45) is 2.75. The summed E-state index contributed by atoms with van der Waals surface area (Å²) in [5, 5.41) is 9.79. The third-order valence-corrected chi connectivity index (χ3v) is 2.49. The van der Waals surface area contributed by atoms with Crippen molar-refractivity contribution in [2.24, 2.45) is 0 Å². The van der Waals surface area contributed by atoms with Crippen LogP contribution in [0.4, 0.5) is 0 Å². The molecule has 0 aliphatic heterocycles. The molecule has 1 aromatic carbocycles. The van der Waals surface area contributed by atoms with Crippen LogP contribution in [0.15, 0.2) is 24.3 Å². The SMILES string of the molecule is CCC/C(=C\C(=O)O)c1cc(Cl)cc(Cl)c1. The molecule has 1 N–H and O–H groups in total. The maximum Gasteiger partial charge on any atom is 0.328 e. The first kappa shape index (κ1) is 13.1. The average molecular weight is 259 g/mol. The molecule has 1 aromatic rings. The highest BCUT2D eigenvalue weighted by atomic mass is 35.5. The van der Waals surface area contributed by atoms with Gasteiger partial charge >= 0.3 is 5.97 Å². The van der Waals surface area contributed by atoms with E-state index in [1.807, 2.05) is 6.92 Å². The van der Waals surface area contributed by atoms with Crippen molar-refractivity contribution in [2.75, 3.05) is 0 Å². The van der Waals surface area contributed by atoms with Crippen molar-refractivity contribution in [1.82, 2.24) is 0 Å². The normalized spacial score (nSPS) is 11.6. The van der Waals surface area contributed by atoms with E-state index in [2.05, 4.69) is 0 Å². The topological polar surface area (TPSA) is 37.3 Å². The number of allylic oxidation sites excluding steroid dienone is 1. The van der Waals surface area contributed by atoms with Gasteiger partial charge in [0.25, 0.3) is 0 Å². The van der Waals surface area contributed by atoms with Gasteiger partial charge in [0, 0.05) is 16.1 Å². The highest BCUT2D eigenvalue weighted by Gasteiger charge is 2.05. The van der Waals surface area contributed by atoms with E-state index in [0.717, 1.165) is 17.6 Å². The van der Waals surface area contributed by atoms with Gasteiger partial charge in [0.2, 0.25) is 0 Å². The van der Waals surface area contributed by atoms with Crippen LogP contribution in [0.25, 0.3) is 5.57 Å². The zero-order valence-electron chi connectivity index (χ0n) is 8.84. The van der Waals surface area contributed by atoms with E-state index in [1.54, 1.807) is 18.2 Å². The fourth-order valence-electron chi connectivity index (χ4n) is 1.46. The lowest BCUT2D eigenvalue weighted by Crippen LogP contribution is -1.93. The van der Waals surface area contributed by atoms with Crippen molar-refractivity contribution < 1.29 is 9.90 Å². The van der Waals surface area contributed by atoms with Crippen LogP contribution in [0.5, 0.6) is 0 Å². The summed E-state index contributed by atoms with van der Waals surface area (Å²) in [5.41, 5.74) is 1.50. The minimum absolute atomic E-state index is 0.509. The highest BCUT2D eigenvalue weighted by molar-refractivity contribution is 6.34. The summed E-state index contributed by atoms with van der Waals surface area (Å²) < 4.78 is 0. The summed E-state index contributed by atoms with van der Waals surface area (Å²) in [7, 11) is 0. The number of hydrogen-bond donors (Lipinski definition) is 1. The maximum absolute atomic E-state index is 10.7. The Kier molecular flexibility index (Phi) is 4.84.